The van der Waals surface area contributed by atoms with Crippen molar-refractivity contribution in [3.05, 3.63) is 34.9 Å². The second-order valence-corrected chi connectivity index (χ2v) is 5.83. The molecule has 0 saturated heterocycles. The zero-order valence-electron chi connectivity index (χ0n) is 10.7. The molecule has 7 heteroatoms. The number of carbonyl (C=O) groups is 2. The molecule has 0 atom stereocenters. The van der Waals surface area contributed by atoms with Gasteiger partial charge >= 0.3 is 0 Å². The molecule has 0 bridgehead atoms. The van der Waals surface area contributed by atoms with Crippen LogP contribution in [0.3, 0.4) is 0 Å². The van der Waals surface area contributed by atoms with Gasteiger partial charge in [0.05, 0.1) is 11.1 Å². The van der Waals surface area contributed by atoms with E-state index in [0.717, 1.165) is 5.56 Å². The SMILES string of the molecule is CC(C)(C)c1ccc2c(c1)C(=O)N(O[SH](=O)=O)C2=O. The van der Waals surface area contributed by atoms with Gasteiger partial charge in [0.15, 0.2) is 0 Å². The van der Waals surface area contributed by atoms with Crippen LogP contribution in [0.4, 0.5) is 0 Å². The maximum absolute atomic E-state index is 11.9. The van der Waals surface area contributed by atoms with Gasteiger partial charge in [-0.3, -0.25) is 9.59 Å². The number of hydrogen-bond donors (Lipinski definition) is 1. The van der Waals surface area contributed by atoms with Crippen LogP contribution in [0.15, 0.2) is 18.2 Å². The maximum Gasteiger partial charge on any atom is 0.287 e. The molecular formula is C12H13NO5S. The van der Waals surface area contributed by atoms with E-state index in [0.29, 0.717) is 0 Å². The van der Waals surface area contributed by atoms with E-state index in [9.17, 15) is 18.0 Å². The fourth-order valence-corrected chi connectivity index (χ4v) is 2.11. The van der Waals surface area contributed by atoms with Gasteiger partial charge in [-0.1, -0.05) is 26.8 Å². The summed E-state index contributed by atoms with van der Waals surface area (Å²) in [6, 6.07) is 4.85. The number of hydrogen-bond acceptors (Lipinski definition) is 5. The number of fused-ring (bicyclic) bond motifs is 1. The first-order valence-corrected chi connectivity index (χ1v) is 6.67. The lowest BCUT2D eigenvalue weighted by Gasteiger charge is -2.19. The van der Waals surface area contributed by atoms with Crippen molar-refractivity contribution in [2.24, 2.45) is 0 Å². The van der Waals surface area contributed by atoms with Crippen LogP contribution in [-0.2, 0) is 20.7 Å². The van der Waals surface area contributed by atoms with Gasteiger partial charge in [0.2, 0.25) is 0 Å². The smallest absolute Gasteiger partial charge is 0.266 e. The van der Waals surface area contributed by atoms with Crippen LogP contribution in [-0.4, -0.2) is 25.3 Å². The Hall–Kier alpha value is -1.73. The highest BCUT2D eigenvalue weighted by atomic mass is 32.2. The molecule has 0 radical (unpaired) electrons. The highest BCUT2D eigenvalue weighted by molar-refractivity contribution is 7.67. The monoisotopic (exact) mass is 283 g/mol. The fraction of sp³-hybridized carbons (Fsp3) is 0.333. The Labute approximate surface area is 112 Å². The van der Waals surface area contributed by atoms with Gasteiger partial charge in [0.1, 0.15) is 0 Å². The Balaban J connectivity index is 2.48. The molecule has 1 aromatic rings. The average molecular weight is 283 g/mol. The van der Waals surface area contributed by atoms with Gasteiger partial charge < -0.3 is 0 Å². The summed E-state index contributed by atoms with van der Waals surface area (Å²) >= 11 is 0. The molecule has 0 fully saturated rings. The van der Waals surface area contributed by atoms with Crippen molar-refractivity contribution in [3.63, 3.8) is 0 Å². The number of amides is 2. The second kappa shape index (κ2) is 4.43. The Morgan fingerprint density at radius 2 is 1.63 bits per heavy atom. The Morgan fingerprint density at radius 3 is 2.16 bits per heavy atom. The van der Waals surface area contributed by atoms with Crippen LogP contribution in [0.25, 0.3) is 0 Å². The number of benzene rings is 1. The molecule has 1 aromatic carbocycles. The molecule has 2 amide bonds. The van der Waals surface area contributed by atoms with E-state index >= 15 is 0 Å². The van der Waals surface area contributed by atoms with Gasteiger partial charge in [-0.15, -0.1) is 9.35 Å². The van der Waals surface area contributed by atoms with E-state index in [1.807, 2.05) is 20.8 Å². The largest absolute Gasteiger partial charge is 0.287 e. The van der Waals surface area contributed by atoms with Crippen LogP contribution < -0.4 is 0 Å². The average Bonchev–Trinajstić information content (AvgIpc) is 2.53. The highest BCUT2D eigenvalue weighted by Gasteiger charge is 2.38. The predicted octanol–water partition coefficient (Wildman–Crippen LogP) is 1.04. The molecule has 1 aliphatic heterocycles. The van der Waals surface area contributed by atoms with Crippen molar-refractivity contribution >= 4 is 22.8 Å². The molecule has 0 spiro atoms. The molecule has 102 valence electrons. The number of thiol groups is 1. The highest BCUT2D eigenvalue weighted by Crippen LogP contribution is 2.29. The molecule has 0 unspecified atom stereocenters. The zero-order valence-corrected chi connectivity index (χ0v) is 11.6. The molecule has 1 aliphatic rings. The summed E-state index contributed by atoms with van der Waals surface area (Å²) < 4.78 is 25.2. The number of imide groups is 1. The Bertz CT molecular complexity index is 634. The lowest BCUT2D eigenvalue weighted by Crippen LogP contribution is -2.29. The third-order valence-corrected chi connectivity index (χ3v) is 3.16. The minimum Gasteiger partial charge on any atom is -0.266 e. The first kappa shape index (κ1) is 13.7. The molecule has 0 saturated carbocycles. The van der Waals surface area contributed by atoms with E-state index < -0.39 is 22.8 Å². The van der Waals surface area contributed by atoms with Crippen LogP contribution in [0.1, 0.15) is 47.1 Å². The lowest BCUT2D eigenvalue weighted by atomic mass is 9.85. The van der Waals surface area contributed by atoms with Gasteiger partial charge in [-0.2, -0.15) is 0 Å². The van der Waals surface area contributed by atoms with Crippen molar-refractivity contribution in [2.75, 3.05) is 0 Å². The minimum absolute atomic E-state index is 0.148. The van der Waals surface area contributed by atoms with Crippen molar-refractivity contribution in [3.8, 4) is 0 Å². The van der Waals surface area contributed by atoms with E-state index in [2.05, 4.69) is 4.28 Å². The number of hydroxylamine groups is 2. The number of nitrogens with zero attached hydrogens (tertiary/aromatic N) is 1. The van der Waals surface area contributed by atoms with Gasteiger partial charge in [0, 0.05) is 0 Å². The summed E-state index contributed by atoms with van der Waals surface area (Å²) in [5.74, 6) is -1.52. The zero-order chi connectivity index (χ0) is 14.4. The number of rotatable bonds is 2. The standard InChI is InChI=1S/C12H13NO5S/c1-12(2,3)7-4-5-8-9(6-7)11(15)13(10(8)14)18-19(16)17/h4-6,19H,1-3H3. The van der Waals surface area contributed by atoms with Gasteiger partial charge in [-0.05, 0) is 23.1 Å². The summed E-state index contributed by atoms with van der Waals surface area (Å²) in [4.78, 5) is 23.8. The van der Waals surface area contributed by atoms with E-state index in [4.69, 9.17) is 0 Å². The van der Waals surface area contributed by atoms with Crippen LogP contribution in [0.5, 0.6) is 0 Å². The van der Waals surface area contributed by atoms with Crippen LogP contribution >= 0.6 is 0 Å². The van der Waals surface area contributed by atoms with Gasteiger partial charge in [0.25, 0.3) is 22.8 Å². The van der Waals surface area contributed by atoms with Gasteiger partial charge in [-0.25, -0.2) is 8.42 Å². The molecule has 2 rings (SSSR count). The minimum atomic E-state index is -3.31. The summed E-state index contributed by atoms with van der Waals surface area (Å²) in [6.07, 6.45) is 0. The molecule has 19 heavy (non-hydrogen) atoms. The molecule has 0 aliphatic carbocycles. The summed E-state index contributed by atoms with van der Waals surface area (Å²) in [5, 5.41) is 0.267. The van der Waals surface area contributed by atoms with E-state index in [1.165, 1.54) is 6.07 Å². The third kappa shape index (κ3) is 2.39. The van der Waals surface area contributed by atoms with Crippen molar-refractivity contribution in [1.82, 2.24) is 5.06 Å². The normalized spacial score (nSPS) is 15.3. The molecule has 1 heterocycles. The topological polar surface area (TPSA) is 80.8 Å². The molecular weight excluding hydrogens is 270 g/mol. The summed E-state index contributed by atoms with van der Waals surface area (Å²) in [6.45, 7) is 5.91. The van der Waals surface area contributed by atoms with E-state index in [1.54, 1.807) is 12.1 Å². The lowest BCUT2D eigenvalue weighted by molar-refractivity contribution is -0.00749. The molecule has 6 nitrogen and oxygen atoms in total. The van der Waals surface area contributed by atoms with E-state index in [-0.39, 0.29) is 21.6 Å². The fourth-order valence-electron chi connectivity index (χ4n) is 1.83. The van der Waals surface area contributed by atoms with Crippen LogP contribution in [0, 0.1) is 0 Å². The van der Waals surface area contributed by atoms with Crippen molar-refractivity contribution in [2.45, 2.75) is 26.2 Å². The van der Waals surface area contributed by atoms with Crippen molar-refractivity contribution in [1.29, 1.82) is 0 Å². The maximum atomic E-state index is 11.9. The molecule has 0 N–H and O–H groups in total. The van der Waals surface area contributed by atoms with Crippen LogP contribution in [0.2, 0.25) is 0 Å². The van der Waals surface area contributed by atoms with Crippen molar-refractivity contribution < 1.29 is 22.3 Å². The summed E-state index contributed by atoms with van der Waals surface area (Å²) in [7, 11) is -3.31. The third-order valence-electron chi connectivity index (χ3n) is 2.86. The first-order valence-electron chi connectivity index (χ1n) is 5.57. The number of carbonyl (C=O) groups excluding carboxylic acids is 2. The molecule has 0 aromatic heterocycles. The Kier molecular flexibility index (Phi) is 3.19. The predicted molar refractivity (Wildman–Crippen MR) is 67.0 cm³/mol. The quantitative estimate of drug-likeness (QED) is 0.648. The first-order chi connectivity index (χ1) is 8.71. The Morgan fingerprint density at radius 1 is 1.05 bits per heavy atom. The summed E-state index contributed by atoms with van der Waals surface area (Å²) in [5.41, 5.74) is 1.00. The second-order valence-electron chi connectivity index (χ2n) is 5.22.